The van der Waals surface area contributed by atoms with Gasteiger partial charge < -0.3 is 4.90 Å². The van der Waals surface area contributed by atoms with Gasteiger partial charge in [0.25, 0.3) is 0 Å². The maximum absolute atomic E-state index is 8.86. The van der Waals surface area contributed by atoms with Gasteiger partial charge in [-0.1, -0.05) is 44.0 Å². The molecular formula is C16H15Br2N3. The van der Waals surface area contributed by atoms with E-state index < -0.39 is 0 Å². The molecule has 0 bridgehead atoms. The van der Waals surface area contributed by atoms with E-state index in [4.69, 9.17) is 5.26 Å². The van der Waals surface area contributed by atoms with Crippen LogP contribution in [0.3, 0.4) is 0 Å². The van der Waals surface area contributed by atoms with Gasteiger partial charge >= 0.3 is 0 Å². The number of benzene rings is 1. The van der Waals surface area contributed by atoms with Crippen LogP contribution in [0.15, 0.2) is 47.2 Å². The highest BCUT2D eigenvalue weighted by atomic mass is 79.9. The largest absolute Gasteiger partial charge is 0.366 e. The third-order valence-electron chi connectivity index (χ3n) is 3.14. The first-order chi connectivity index (χ1) is 10.2. The molecule has 0 aliphatic carbocycles. The first-order valence-electron chi connectivity index (χ1n) is 6.60. The number of aromatic nitrogens is 1. The molecule has 0 saturated heterocycles. The highest BCUT2D eigenvalue weighted by molar-refractivity contribution is 9.10. The summed E-state index contributed by atoms with van der Waals surface area (Å²) < 4.78 is 1.07. The summed E-state index contributed by atoms with van der Waals surface area (Å²) in [6.07, 6.45) is 4.13. The minimum absolute atomic E-state index is 0.498. The second-order valence-corrected chi connectivity index (χ2v) is 6.02. The van der Waals surface area contributed by atoms with Crippen LogP contribution in [0.2, 0.25) is 0 Å². The van der Waals surface area contributed by atoms with Crippen molar-refractivity contribution in [1.82, 2.24) is 4.98 Å². The van der Waals surface area contributed by atoms with E-state index in [1.807, 2.05) is 18.3 Å². The fourth-order valence-electron chi connectivity index (χ4n) is 2.04. The molecule has 1 aromatic carbocycles. The van der Waals surface area contributed by atoms with Crippen molar-refractivity contribution in [3.8, 4) is 6.07 Å². The van der Waals surface area contributed by atoms with Gasteiger partial charge in [0, 0.05) is 41.0 Å². The quantitative estimate of drug-likeness (QED) is 0.652. The second-order valence-electron chi connectivity index (χ2n) is 4.60. The van der Waals surface area contributed by atoms with Gasteiger partial charge in [0.15, 0.2) is 0 Å². The normalized spacial score (nSPS) is 10.1. The van der Waals surface area contributed by atoms with Crippen molar-refractivity contribution in [2.45, 2.75) is 18.3 Å². The summed E-state index contributed by atoms with van der Waals surface area (Å²) in [7, 11) is 0. The summed E-state index contributed by atoms with van der Waals surface area (Å²) in [5, 5.41) is 9.67. The molecule has 108 valence electrons. The Morgan fingerprint density at radius 2 is 2.14 bits per heavy atom. The number of nitriles is 1. The Labute approximate surface area is 141 Å². The summed E-state index contributed by atoms with van der Waals surface area (Å²) in [5.74, 6) is 0. The number of pyridine rings is 1. The maximum Gasteiger partial charge on any atom is 0.0640 e. The molecule has 2 aromatic rings. The number of hydrogen-bond donors (Lipinski definition) is 0. The zero-order chi connectivity index (χ0) is 15.1. The van der Waals surface area contributed by atoms with E-state index >= 15 is 0 Å². The Morgan fingerprint density at radius 1 is 1.29 bits per heavy atom. The van der Waals surface area contributed by atoms with Crippen LogP contribution < -0.4 is 4.90 Å². The number of alkyl halides is 1. The van der Waals surface area contributed by atoms with Crippen molar-refractivity contribution in [3.63, 3.8) is 0 Å². The molecule has 21 heavy (non-hydrogen) atoms. The van der Waals surface area contributed by atoms with Crippen molar-refractivity contribution >= 4 is 37.5 Å². The van der Waals surface area contributed by atoms with Crippen molar-refractivity contribution < 1.29 is 0 Å². The second kappa shape index (κ2) is 8.16. The molecule has 2 rings (SSSR count). The highest BCUT2D eigenvalue weighted by Crippen LogP contribution is 2.26. The van der Waals surface area contributed by atoms with E-state index in [2.05, 4.69) is 66.0 Å². The van der Waals surface area contributed by atoms with Crippen LogP contribution in [-0.4, -0.2) is 11.5 Å². The Balaban J connectivity index is 2.23. The number of rotatable bonds is 6. The molecule has 0 fully saturated rings. The van der Waals surface area contributed by atoms with Crippen LogP contribution in [-0.2, 0) is 11.9 Å². The lowest BCUT2D eigenvalue weighted by atomic mass is 10.2. The summed E-state index contributed by atoms with van der Waals surface area (Å²) in [6, 6.07) is 12.5. The van der Waals surface area contributed by atoms with Crippen LogP contribution >= 0.6 is 31.9 Å². The van der Waals surface area contributed by atoms with Gasteiger partial charge in [0.05, 0.1) is 12.5 Å². The number of anilines is 1. The summed E-state index contributed by atoms with van der Waals surface area (Å²) in [5.41, 5.74) is 3.45. The number of nitrogens with zero attached hydrogens (tertiary/aromatic N) is 3. The molecule has 0 N–H and O–H groups in total. The molecule has 0 saturated carbocycles. The SMILES string of the molecule is N#CCCN(Cc1cccnc1)c1ccc(CBr)c(Br)c1. The van der Waals surface area contributed by atoms with Crippen LogP contribution in [0.5, 0.6) is 0 Å². The molecule has 0 aliphatic heterocycles. The molecule has 0 amide bonds. The summed E-state index contributed by atoms with van der Waals surface area (Å²) in [6.45, 7) is 1.45. The van der Waals surface area contributed by atoms with Crippen molar-refractivity contribution in [2.24, 2.45) is 0 Å². The van der Waals surface area contributed by atoms with Gasteiger partial charge in [0.2, 0.25) is 0 Å². The molecule has 0 radical (unpaired) electrons. The first kappa shape index (κ1) is 16.0. The maximum atomic E-state index is 8.86. The van der Waals surface area contributed by atoms with Crippen molar-refractivity contribution in [1.29, 1.82) is 5.26 Å². The Morgan fingerprint density at radius 3 is 2.76 bits per heavy atom. The van der Waals surface area contributed by atoms with Crippen molar-refractivity contribution in [2.75, 3.05) is 11.4 Å². The third-order valence-corrected chi connectivity index (χ3v) is 4.48. The summed E-state index contributed by atoms with van der Waals surface area (Å²) in [4.78, 5) is 6.35. The van der Waals surface area contributed by atoms with Crippen LogP contribution in [0.1, 0.15) is 17.5 Å². The molecule has 1 aromatic heterocycles. The predicted octanol–water partition coefficient (Wildman–Crippen LogP) is 4.66. The van der Waals surface area contributed by atoms with Crippen LogP contribution in [0.25, 0.3) is 0 Å². The van der Waals surface area contributed by atoms with Crippen LogP contribution in [0, 0.1) is 11.3 Å². The highest BCUT2D eigenvalue weighted by Gasteiger charge is 2.09. The van der Waals surface area contributed by atoms with Gasteiger partial charge in [-0.05, 0) is 29.3 Å². The Hall–Kier alpha value is -1.38. The number of halogens is 2. The van der Waals surface area contributed by atoms with E-state index in [1.54, 1.807) is 6.20 Å². The third kappa shape index (κ3) is 4.55. The molecule has 0 spiro atoms. The molecule has 1 heterocycles. The van der Waals surface area contributed by atoms with E-state index in [9.17, 15) is 0 Å². The van der Waals surface area contributed by atoms with E-state index in [0.717, 1.165) is 27.6 Å². The van der Waals surface area contributed by atoms with Gasteiger partial charge in [-0.15, -0.1) is 0 Å². The molecule has 3 nitrogen and oxygen atoms in total. The van der Waals surface area contributed by atoms with E-state index in [-0.39, 0.29) is 0 Å². The average Bonchev–Trinajstić information content (AvgIpc) is 2.52. The molecule has 0 unspecified atom stereocenters. The molecule has 0 aliphatic rings. The topological polar surface area (TPSA) is 39.9 Å². The lowest BCUT2D eigenvalue weighted by Crippen LogP contribution is -2.23. The molecule has 5 heteroatoms. The molecular weight excluding hydrogens is 394 g/mol. The van der Waals surface area contributed by atoms with Crippen LogP contribution in [0.4, 0.5) is 5.69 Å². The lowest BCUT2D eigenvalue weighted by molar-refractivity contribution is 0.795. The van der Waals surface area contributed by atoms with Gasteiger partial charge in [-0.3, -0.25) is 4.98 Å². The van der Waals surface area contributed by atoms with Crippen molar-refractivity contribution in [3.05, 3.63) is 58.3 Å². The van der Waals surface area contributed by atoms with Gasteiger partial charge in [0.1, 0.15) is 0 Å². The minimum atomic E-state index is 0.498. The fourth-order valence-corrected chi connectivity index (χ4v) is 3.41. The monoisotopic (exact) mass is 407 g/mol. The Bertz CT molecular complexity index is 623. The first-order valence-corrected chi connectivity index (χ1v) is 8.51. The van der Waals surface area contributed by atoms with E-state index in [1.165, 1.54) is 5.56 Å². The smallest absolute Gasteiger partial charge is 0.0640 e. The zero-order valence-corrected chi connectivity index (χ0v) is 14.6. The van der Waals surface area contributed by atoms with E-state index in [0.29, 0.717) is 13.0 Å². The summed E-state index contributed by atoms with van der Waals surface area (Å²) >= 11 is 7.07. The Kier molecular flexibility index (Phi) is 6.21. The zero-order valence-electron chi connectivity index (χ0n) is 11.5. The molecule has 0 atom stereocenters. The van der Waals surface area contributed by atoms with Gasteiger partial charge in [-0.2, -0.15) is 5.26 Å². The predicted molar refractivity (Wildman–Crippen MR) is 92.3 cm³/mol. The number of hydrogen-bond acceptors (Lipinski definition) is 3. The van der Waals surface area contributed by atoms with Gasteiger partial charge in [-0.25, -0.2) is 0 Å². The fraction of sp³-hybridized carbons (Fsp3) is 0.250. The average molecular weight is 409 g/mol. The standard InChI is InChI=1S/C16H15Br2N3/c17-10-14-4-5-15(9-16(14)18)21(8-2-6-19)12-13-3-1-7-20-11-13/h1,3-5,7,9,11H,2,8,10,12H2. The minimum Gasteiger partial charge on any atom is -0.366 e. The lowest BCUT2D eigenvalue weighted by Gasteiger charge is -2.24.